The molecular weight excluding hydrogens is 439 g/mol. The van der Waals surface area contributed by atoms with Gasteiger partial charge in [0.15, 0.2) is 0 Å². The number of rotatable bonds is 3. The minimum atomic E-state index is 0.0445. The third-order valence-corrected chi connectivity index (χ3v) is 7.24. The van der Waals surface area contributed by atoms with Gasteiger partial charge in [-0.25, -0.2) is 0 Å². The van der Waals surface area contributed by atoms with E-state index in [0.29, 0.717) is 10.6 Å². The van der Waals surface area contributed by atoms with Crippen LogP contribution in [0.4, 0.5) is 5.69 Å². The van der Waals surface area contributed by atoms with Gasteiger partial charge >= 0.3 is 0 Å². The van der Waals surface area contributed by atoms with Crippen molar-refractivity contribution in [1.82, 2.24) is 4.90 Å². The lowest BCUT2D eigenvalue weighted by Crippen LogP contribution is -2.54. The molecule has 0 aliphatic carbocycles. The molecule has 5 heteroatoms. The Balaban J connectivity index is 1.42. The zero-order valence-electron chi connectivity index (χ0n) is 17.9. The number of amides is 1. The summed E-state index contributed by atoms with van der Waals surface area (Å²) in [6.45, 7) is 3.71. The summed E-state index contributed by atoms with van der Waals surface area (Å²) in [7, 11) is 0. The maximum Gasteiger partial charge on any atom is 0.258 e. The van der Waals surface area contributed by atoms with Crippen molar-refractivity contribution in [2.75, 3.05) is 24.5 Å². The van der Waals surface area contributed by atoms with E-state index in [0.717, 1.165) is 56.2 Å². The molecule has 2 aliphatic heterocycles. The number of para-hydroxylation sites is 1. The summed E-state index contributed by atoms with van der Waals surface area (Å²) in [5.74, 6) is 0.0445. The van der Waals surface area contributed by atoms with Crippen LogP contribution in [0.25, 0.3) is 0 Å². The summed E-state index contributed by atoms with van der Waals surface area (Å²) >= 11 is 12.1. The molecule has 0 saturated carbocycles. The predicted octanol–water partition coefficient (Wildman–Crippen LogP) is 6.48. The van der Waals surface area contributed by atoms with Crippen LogP contribution in [-0.2, 0) is 13.0 Å². The third-order valence-electron chi connectivity index (χ3n) is 6.74. The van der Waals surface area contributed by atoms with Gasteiger partial charge in [-0.15, -0.1) is 0 Å². The zero-order chi connectivity index (χ0) is 22.1. The molecule has 3 nitrogen and oxygen atoms in total. The molecule has 1 spiro atoms. The van der Waals surface area contributed by atoms with Crippen molar-refractivity contribution in [2.45, 2.75) is 25.8 Å². The second-order valence-corrected chi connectivity index (χ2v) is 10.0. The molecule has 2 heterocycles. The van der Waals surface area contributed by atoms with E-state index in [-0.39, 0.29) is 11.3 Å². The van der Waals surface area contributed by atoms with Gasteiger partial charge in [0.05, 0.1) is 0 Å². The van der Waals surface area contributed by atoms with Crippen LogP contribution >= 0.6 is 23.2 Å². The first-order chi connectivity index (χ1) is 15.5. The number of anilines is 1. The Morgan fingerprint density at radius 3 is 2.31 bits per heavy atom. The van der Waals surface area contributed by atoms with E-state index < -0.39 is 0 Å². The number of hydrogen-bond donors (Lipinski definition) is 0. The summed E-state index contributed by atoms with van der Waals surface area (Å²) < 4.78 is 0. The highest BCUT2D eigenvalue weighted by atomic mass is 35.5. The van der Waals surface area contributed by atoms with Crippen LogP contribution in [0.15, 0.2) is 72.8 Å². The molecule has 1 fully saturated rings. The highest BCUT2D eigenvalue weighted by Gasteiger charge is 2.42. The molecule has 0 N–H and O–H groups in total. The molecule has 0 bridgehead atoms. The van der Waals surface area contributed by atoms with Crippen molar-refractivity contribution in [3.8, 4) is 0 Å². The Morgan fingerprint density at radius 2 is 1.56 bits per heavy atom. The van der Waals surface area contributed by atoms with Crippen LogP contribution in [0.1, 0.15) is 34.3 Å². The Labute approximate surface area is 199 Å². The van der Waals surface area contributed by atoms with Gasteiger partial charge in [0.25, 0.3) is 5.91 Å². The summed E-state index contributed by atoms with van der Waals surface area (Å²) in [5, 5.41) is 1.41. The first-order valence-corrected chi connectivity index (χ1v) is 11.9. The summed E-state index contributed by atoms with van der Waals surface area (Å²) in [4.78, 5) is 18.1. The highest BCUT2D eigenvalue weighted by Crippen LogP contribution is 2.43. The Bertz CT molecular complexity index is 1110. The fourth-order valence-electron chi connectivity index (χ4n) is 5.30. The molecule has 0 aromatic heterocycles. The summed E-state index contributed by atoms with van der Waals surface area (Å²) in [6, 6.07) is 23.7. The first-order valence-electron chi connectivity index (χ1n) is 11.1. The first kappa shape index (κ1) is 21.5. The molecule has 1 atom stereocenters. The highest BCUT2D eigenvalue weighted by molar-refractivity contribution is 6.31. The van der Waals surface area contributed by atoms with Gasteiger partial charge in [-0.05, 0) is 79.4 Å². The topological polar surface area (TPSA) is 23.6 Å². The summed E-state index contributed by atoms with van der Waals surface area (Å²) in [6.07, 6.45) is 3.27. The van der Waals surface area contributed by atoms with Gasteiger partial charge < -0.3 is 4.90 Å². The second-order valence-electron chi connectivity index (χ2n) is 9.14. The largest absolute Gasteiger partial charge is 0.307 e. The molecule has 5 rings (SSSR count). The van der Waals surface area contributed by atoms with Gasteiger partial charge in [0, 0.05) is 46.3 Å². The molecule has 0 radical (unpaired) electrons. The van der Waals surface area contributed by atoms with Gasteiger partial charge in [-0.2, -0.15) is 0 Å². The lowest BCUT2D eigenvalue weighted by molar-refractivity contribution is 0.0757. The number of nitrogens with zero attached hydrogens (tertiary/aromatic N) is 2. The van der Waals surface area contributed by atoms with Crippen LogP contribution in [0.5, 0.6) is 0 Å². The van der Waals surface area contributed by atoms with E-state index in [9.17, 15) is 4.79 Å². The SMILES string of the molecule is O=C(c1ccc(Cl)cc1)N1CC2(CCCN(Cc3ccc(Cl)cc3)C2)Cc2ccccc21. The normalized spacial score (nSPS) is 20.9. The molecule has 32 heavy (non-hydrogen) atoms. The van der Waals surface area contributed by atoms with Gasteiger partial charge in [-0.1, -0.05) is 53.5 Å². The number of likely N-dealkylation sites (tertiary alicyclic amines) is 1. The number of benzene rings is 3. The van der Waals surface area contributed by atoms with E-state index in [1.807, 2.05) is 35.2 Å². The zero-order valence-corrected chi connectivity index (χ0v) is 19.4. The van der Waals surface area contributed by atoms with E-state index in [2.05, 4.69) is 35.2 Å². The van der Waals surface area contributed by atoms with Crippen LogP contribution in [0.2, 0.25) is 10.0 Å². The van der Waals surface area contributed by atoms with Gasteiger partial charge in [0.2, 0.25) is 0 Å². The van der Waals surface area contributed by atoms with Gasteiger partial charge in [-0.3, -0.25) is 9.69 Å². The van der Waals surface area contributed by atoms with Crippen molar-refractivity contribution >= 4 is 34.8 Å². The lowest BCUT2D eigenvalue weighted by atomic mass is 9.72. The van der Waals surface area contributed by atoms with E-state index >= 15 is 0 Å². The fourth-order valence-corrected chi connectivity index (χ4v) is 5.55. The molecule has 164 valence electrons. The quantitative estimate of drug-likeness (QED) is 0.442. The maximum atomic E-state index is 13.6. The number of carbonyl (C=O) groups is 1. The van der Waals surface area contributed by atoms with E-state index in [1.54, 1.807) is 12.1 Å². The number of halogens is 2. The van der Waals surface area contributed by atoms with Crippen LogP contribution in [0.3, 0.4) is 0 Å². The van der Waals surface area contributed by atoms with E-state index in [4.69, 9.17) is 23.2 Å². The standard InChI is InChI=1S/C27H26Cl2N2O/c28-23-10-6-20(7-11-23)17-30-15-3-14-27(18-30)16-22-4-1-2-5-25(22)31(19-27)26(32)21-8-12-24(29)13-9-21/h1-2,4-13H,3,14-19H2. The Kier molecular flexibility index (Phi) is 5.98. The van der Waals surface area contributed by atoms with Crippen LogP contribution < -0.4 is 4.90 Å². The minimum absolute atomic E-state index is 0.0445. The van der Waals surface area contributed by atoms with Crippen molar-refractivity contribution in [2.24, 2.45) is 5.41 Å². The number of carbonyl (C=O) groups excluding carboxylic acids is 1. The number of piperidine rings is 1. The monoisotopic (exact) mass is 464 g/mol. The van der Waals surface area contributed by atoms with Gasteiger partial charge in [0.1, 0.15) is 0 Å². The average Bonchev–Trinajstić information content (AvgIpc) is 2.80. The minimum Gasteiger partial charge on any atom is -0.307 e. The lowest BCUT2D eigenvalue weighted by Gasteiger charge is -2.49. The summed E-state index contributed by atoms with van der Waals surface area (Å²) in [5.41, 5.74) is 4.30. The molecule has 3 aromatic rings. The Morgan fingerprint density at radius 1 is 0.875 bits per heavy atom. The molecular formula is C27H26Cl2N2O. The maximum absolute atomic E-state index is 13.6. The fraction of sp³-hybridized carbons (Fsp3) is 0.296. The molecule has 2 aliphatic rings. The number of hydrogen-bond acceptors (Lipinski definition) is 2. The van der Waals surface area contributed by atoms with E-state index in [1.165, 1.54) is 11.1 Å². The van der Waals surface area contributed by atoms with Crippen LogP contribution in [0, 0.1) is 5.41 Å². The average molecular weight is 465 g/mol. The molecule has 1 unspecified atom stereocenters. The molecule has 3 aromatic carbocycles. The van der Waals surface area contributed by atoms with Crippen LogP contribution in [-0.4, -0.2) is 30.4 Å². The smallest absolute Gasteiger partial charge is 0.258 e. The predicted molar refractivity (Wildman–Crippen MR) is 132 cm³/mol. The molecule has 1 saturated heterocycles. The van der Waals surface area contributed by atoms with Crippen molar-refractivity contribution in [3.63, 3.8) is 0 Å². The molecule has 1 amide bonds. The third kappa shape index (κ3) is 4.43. The second kappa shape index (κ2) is 8.90. The van der Waals surface area contributed by atoms with Crippen molar-refractivity contribution in [1.29, 1.82) is 0 Å². The van der Waals surface area contributed by atoms with Crippen molar-refractivity contribution < 1.29 is 4.79 Å². The number of fused-ring (bicyclic) bond motifs is 1. The van der Waals surface area contributed by atoms with Crippen molar-refractivity contribution in [3.05, 3.63) is 99.5 Å². The Hall–Kier alpha value is -2.33.